The molecule has 2 nitrogen and oxygen atoms in total. The van der Waals surface area contributed by atoms with Crippen molar-refractivity contribution in [3.63, 3.8) is 0 Å². The Morgan fingerprint density at radius 2 is 2.14 bits per heavy atom. The highest BCUT2D eigenvalue weighted by molar-refractivity contribution is 6.63. The summed E-state index contributed by atoms with van der Waals surface area (Å²) in [6.07, 6.45) is 0.867. The van der Waals surface area contributed by atoms with Gasteiger partial charge in [-0.05, 0) is 41.8 Å². The van der Waals surface area contributed by atoms with E-state index in [1.165, 1.54) is 0 Å². The fourth-order valence-corrected chi connectivity index (χ4v) is 1.35. The van der Waals surface area contributed by atoms with Crippen molar-refractivity contribution in [3.8, 4) is 5.75 Å². The van der Waals surface area contributed by atoms with Gasteiger partial charge in [-0.2, -0.15) is 0 Å². The zero-order valence-electron chi connectivity index (χ0n) is 7.72. The largest absolute Gasteiger partial charge is 0.484 e. The molecule has 1 aromatic rings. The first-order valence-corrected chi connectivity index (χ1v) is 4.98. The molecule has 0 saturated heterocycles. The quantitative estimate of drug-likeness (QED) is 0.747. The topological polar surface area (TPSA) is 26.3 Å². The van der Waals surface area contributed by atoms with E-state index in [1.54, 1.807) is 6.07 Å². The van der Waals surface area contributed by atoms with E-state index < -0.39 is 5.24 Å². The molecular formula is C10H10Cl2O2. The summed E-state index contributed by atoms with van der Waals surface area (Å²) in [4.78, 5) is 10.5. The predicted octanol–water partition coefficient (Wildman–Crippen LogP) is 3.05. The van der Waals surface area contributed by atoms with Crippen LogP contribution >= 0.6 is 23.2 Å². The van der Waals surface area contributed by atoms with E-state index in [1.807, 2.05) is 19.1 Å². The Bertz CT molecular complexity index is 337. The zero-order chi connectivity index (χ0) is 10.6. The molecule has 1 aromatic carbocycles. The number of hydrogen-bond donors (Lipinski definition) is 0. The van der Waals surface area contributed by atoms with Crippen molar-refractivity contribution in [1.29, 1.82) is 0 Å². The molecule has 0 fully saturated rings. The lowest BCUT2D eigenvalue weighted by Gasteiger charge is -2.05. The molecule has 0 N–H and O–H groups in total. The molecule has 0 radical (unpaired) electrons. The van der Waals surface area contributed by atoms with Crippen molar-refractivity contribution in [2.75, 3.05) is 6.61 Å². The smallest absolute Gasteiger partial charge is 0.259 e. The van der Waals surface area contributed by atoms with E-state index in [2.05, 4.69) is 0 Å². The summed E-state index contributed by atoms with van der Waals surface area (Å²) in [5, 5.41) is 0.0735. The Morgan fingerprint density at radius 3 is 2.71 bits per heavy atom. The molecule has 0 spiro atoms. The molecule has 4 heteroatoms. The lowest BCUT2D eigenvalue weighted by Crippen LogP contribution is -2.04. The first-order chi connectivity index (χ1) is 6.61. The van der Waals surface area contributed by atoms with Crippen LogP contribution < -0.4 is 4.74 Å². The molecule has 0 unspecified atom stereocenters. The van der Waals surface area contributed by atoms with Crippen LogP contribution in [0.5, 0.6) is 5.75 Å². The highest BCUT2D eigenvalue weighted by Gasteiger charge is 2.01. The minimum Gasteiger partial charge on any atom is -0.484 e. The predicted molar refractivity (Wildman–Crippen MR) is 57.2 cm³/mol. The maximum Gasteiger partial charge on any atom is 0.259 e. The Hall–Kier alpha value is -0.730. The Morgan fingerprint density at radius 1 is 1.43 bits per heavy atom. The van der Waals surface area contributed by atoms with Crippen LogP contribution in [-0.2, 0) is 11.2 Å². The fourth-order valence-electron chi connectivity index (χ4n) is 1.05. The van der Waals surface area contributed by atoms with Crippen molar-refractivity contribution in [1.82, 2.24) is 0 Å². The summed E-state index contributed by atoms with van der Waals surface area (Å²) in [5.41, 5.74) is 1.06. The SMILES string of the molecule is CCc1cc(Cl)cc(OCC(=O)Cl)c1. The molecule has 0 amide bonds. The van der Waals surface area contributed by atoms with E-state index >= 15 is 0 Å². The van der Waals surface area contributed by atoms with E-state index in [0.29, 0.717) is 10.8 Å². The first kappa shape index (κ1) is 11.3. The fraction of sp³-hybridized carbons (Fsp3) is 0.300. The van der Waals surface area contributed by atoms with Gasteiger partial charge in [0.25, 0.3) is 5.24 Å². The average molecular weight is 233 g/mol. The number of carbonyl (C=O) groups excluding carboxylic acids is 1. The van der Waals surface area contributed by atoms with Crippen LogP contribution in [0.4, 0.5) is 0 Å². The van der Waals surface area contributed by atoms with Crippen molar-refractivity contribution < 1.29 is 9.53 Å². The van der Waals surface area contributed by atoms with Crippen molar-refractivity contribution in [2.45, 2.75) is 13.3 Å². The summed E-state index contributed by atoms with van der Waals surface area (Å²) >= 11 is 11.0. The standard InChI is InChI=1S/C10H10Cl2O2/c1-2-7-3-8(11)5-9(4-7)14-6-10(12)13/h3-5H,2,6H2,1H3. The summed E-state index contributed by atoms with van der Waals surface area (Å²) in [6, 6.07) is 5.35. The van der Waals surface area contributed by atoms with Gasteiger partial charge in [0.2, 0.25) is 0 Å². The molecule has 0 aromatic heterocycles. The molecule has 14 heavy (non-hydrogen) atoms. The molecule has 0 saturated carbocycles. The Labute approximate surface area is 92.8 Å². The molecular weight excluding hydrogens is 223 g/mol. The molecule has 0 aliphatic carbocycles. The highest BCUT2D eigenvalue weighted by atomic mass is 35.5. The second-order valence-corrected chi connectivity index (χ2v) is 3.65. The summed E-state index contributed by atoms with van der Waals surface area (Å²) < 4.78 is 5.12. The lowest BCUT2D eigenvalue weighted by atomic mass is 10.2. The maximum atomic E-state index is 10.5. The highest BCUT2D eigenvalue weighted by Crippen LogP contribution is 2.21. The van der Waals surface area contributed by atoms with Gasteiger partial charge >= 0.3 is 0 Å². The van der Waals surface area contributed by atoms with Gasteiger partial charge in [0.1, 0.15) is 5.75 Å². The molecule has 76 valence electrons. The van der Waals surface area contributed by atoms with Crippen molar-refractivity contribution >= 4 is 28.4 Å². The van der Waals surface area contributed by atoms with Gasteiger partial charge in [0, 0.05) is 5.02 Å². The lowest BCUT2D eigenvalue weighted by molar-refractivity contribution is -0.113. The van der Waals surface area contributed by atoms with Crippen LogP contribution in [0.1, 0.15) is 12.5 Å². The van der Waals surface area contributed by atoms with E-state index in [0.717, 1.165) is 12.0 Å². The van der Waals surface area contributed by atoms with Gasteiger partial charge < -0.3 is 4.74 Å². The van der Waals surface area contributed by atoms with Crippen LogP contribution in [0.15, 0.2) is 18.2 Å². The summed E-state index contributed by atoms with van der Waals surface area (Å²) in [6.45, 7) is 1.88. The number of halogens is 2. The van der Waals surface area contributed by atoms with E-state index in [9.17, 15) is 4.79 Å². The zero-order valence-corrected chi connectivity index (χ0v) is 9.23. The second kappa shape index (κ2) is 5.23. The number of ether oxygens (including phenoxy) is 1. The second-order valence-electron chi connectivity index (χ2n) is 2.79. The average Bonchev–Trinajstić information content (AvgIpc) is 2.14. The van der Waals surface area contributed by atoms with Crippen LogP contribution in [0.3, 0.4) is 0 Å². The molecule has 0 aliphatic rings. The van der Waals surface area contributed by atoms with Crippen molar-refractivity contribution in [3.05, 3.63) is 28.8 Å². The number of rotatable bonds is 4. The summed E-state index contributed by atoms with van der Waals surface area (Å²) in [5.74, 6) is 0.573. The van der Waals surface area contributed by atoms with Gasteiger partial charge in [-0.25, -0.2) is 0 Å². The molecule has 0 aliphatic heterocycles. The number of hydrogen-bond acceptors (Lipinski definition) is 2. The minimum absolute atomic E-state index is 0.134. The van der Waals surface area contributed by atoms with Crippen LogP contribution in [0, 0.1) is 0 Å². The molecule has 1 rings (SSSR count). The third-order valence-electron chi connectivity index (χ3n) is 1.69. The Kier molecular flexibility index (Phi) is 4.23. The van der Waals surface area contributed by atoms with Crippen LogP contribution in [0.2, 0.25) is 5.02 Å². The van der Waals surface area contributed by atoms with Gasteiger partial charge in [-0.3, -0.25) is 4.79 Å². The third kappa shape index (κ3) is 3.56. The van der Waals surface area contributed by atoms with Crippen LogP contribution in [0.25, 0.3) is 0 Å². The number of benzene rings is 1. The monoisotopic (exact) mass is 232 g/mol. The first-order valence-electron chi connectivity index (χ1n) is 4.22. The van der Waals surface area contributed by atoms with E-state index in [-0.39, 0.29) is 6.61 Å². The molecule has 0 bridgehead atoms. The van der Waals surface area contributed by atoms with Gasteiger partial charge in [-0.1, -0.05) is 18.5 Å². The Balaban J connectivity index is 2.76. The van der Waals surface area contributed by atoms with Gasteiger partial charge in [0.15, 0.2) is 6.61 Å². The maximum absolute atomic E-state index is 10.5. The minimum atomic E-state index is -0.525. The normalized spacial score (nSPS) is 9.93. The third-order valence-corrected chi connectivity index (χ3v) is 2.02. The summed E-state index contributed by atoms with van der Waals surface area (Å²) in [7, 11) is 0. The molecule has 0 heterocycles. The molecule has 0 atom stereocenters. The van der Waals surface area contributed by atoms with Gasteiger partial charge in [-0.15, -0.1) is 0 Å². The number of carbonyl (C=O) groups is 1. The van der Waals surface area contributed by atoms with Crippen molar-refractivity contribution in [2.24, 2.45) is 0 Å². The van der Waals surface area contributed by atoms with E-state index in [4.69, 9.17) is 27.9 Å². The van der Waals surface area contributed by atoms with Gasteiger partial charge in [0.05, 0.1) is 0 Å². The van der Waals surface area contributed by atoms with Crippen LogP contribution in [-0.4, -0.2) is 11.8 Å². The number of aryl methyl sites for hydroxylation is 1.